The normalized spacial score (nSPS) is 10.8. The molecule has 0 aliphatic carbocycles. The highest BCUT2D eigenvalue weighted by atomic mass is 35.5. The van der Waals surface area contributed by atoms with Crippen molar-refractivity contribution in [3.05, 3.63) is 110 Å². The predicted molar refractivity (Wildman–Crippen MR) is 129 cm³/mol. The summed E-state index contributed by atoms with van der Waals surface area (Å²) in [5.74, 6) is -0.253. The molecule has 5 nitrogen and oxygen atoms in total. The number of benzene rings is 3. The summed E-state index contributed by atoms with van der Waals surface area (Å²) in [5.41, 5.74) is 2.74. The molecule has 4 rings (SSSR count). The molecule has 0 unspecified atom stereocenters. The molecule has 1 aromatic heterocycles. The van der Waals surface area contributed by atoms with Crippen molar-refractivity contribution >= 4 is 34.9 Å². The van der Waals surface area contributed by atoms with Crippen LogP contribution in [0.4, 0.5) is 5.82 Å². The molecule has 0 aliphatic heterocycles. The molecule has 32 heavy (non-hydrogen) atoms. The van der Waals surface area contributed by atoms with E-state index in [0.29, 0.717) is 21.3 Å². The molecule has 7 heteroatoms. The lowest BCUT2D eigenvalue weighted by atomic mass is 10.0. The van der Waals surface area contributed by atoms with Crippen molar-refractivity contribution in [1.82, 2.24) is 9.78 Å². The Morgan fingerprint density at radius 3 is 2.16 bits per heavy atom. The van der Waals surface area contributed by atoms with Crippen LogP contribution < -0.4 is 10.7 Å². The van der Waals surface area contributed by atoms with Gasteiger partial charge >= 0.3 is 0 Å². The Labute approximate surface area is 195 Å². The topological polar surface area (TPSA) is 64.0 Å². The number of rotatable bonds is 4. The first-order valence-electron chi connectivity index (χ1n) is 9.88. The van der Waals surface area contributed by atoms with Crippen LogP contribution >= 0.6 is 23.2 Å². The van der Waals surface area contributed by atoms with E-state index in [1.165, 1.54) is 0 Å². The van der Waals surface area contributed by atoms with Gasteiger partial charge in [0.1, 0.15) is 11.5 Å². The molecule has 0 spiro atoms. The van der Waals surface area contributed by atoms with Crippen LogP contribution in [0, 0.1) is 13.8 Å². The summed E-state index contributed by atoms with van der Waals surface area (Å²) in [6.07, 6.45) is 0. The van der Waals surface area contributed by atoms with E-state index in [1.54, 1.807) is 60.1 Å². The largest absolute Gasteiger partial charge is 0.306 e. The van der Waals surface area contributed by atoms with E-state index in [-0.39, 0.29) is 28.1 Å². The van der Waals surface area contributed by atoms with Gasteiger partial charge in [-0.2, -0.15) is 5.10 Å². The van der Waals surface area contributed by atoms with E-state index < -0.39 is 5.91 Å². The number of carbonyl (C=O) groups excluding carboxylic acids is 1. The first kappa shape index (κ1) is 21.8. The van der Waals surface area contributed by atoms with E-state index in [0.717, 1.165) is 5.56 Å². The van der Waals surface area contributed by atoms with Crippen LogP contribution in [0.2, 0.25) is 10.0 Å². The molecule has 3 aromatic carbocycles. The second-order valence-electron chi connectivity index (χ2n) is 7.30. The fourth-order valence-corrected chi connectivity index (χ4v) is 3.81. The van der Waals surface area contributed by atoms with Crippen molar-refractivity contribution in [2.75, 3.05) is 5.32 Å². The second kappa shape index (κ2) is 8.99. The number of aromatic nitrogens is 2. The second-order valence-corrected chi connectivity index (χ2v) is 8.11. The first-order valence-corrected chi connectivity index (χ1v) is 10.6. The Kier molecular flexibility index (Phi) is 6.12. The molecule has 0 bridgehead atoms. The third kappa shape index (κ3) is 4.17. The average molecular weight is 464 g/mol. The highest BCUT2D eigenvalue weighted by Crippen LogP contribution is 2.32. The molecule has 1 heterocycles. The number of hydrogen-bond acceptors (Lipinski definition) is 3. The number of aryl methyl sites for hydroxylation is 2. The Bertz CT molecular complexity index is 1380. The first-order chi connectivity index (χ1) is 15.4. The number of amides is 1. The average Bonchev–Trinajstić information content (AvgIpc) is 2.78. The van der Waals surface area contributed by atoms with E-state index >= 15 is 0 Å². The summed E-state index contributed by atoms with van der Waals surface area (Å²) in [6, 6.07) is 21.3. The Balaban J connectivity index is 2.00. The van der Waals surface area contributed by atoms with Crippen LogP contribution in [0.1, 0.15) is 21.6 Å². The zero-order chi connectivity index (χ0) is 22.8. The highest BCUT2D eigenvalue weighted by Gasteiger charge is 2.23. The lowest BCUT2D eigenvalue weighted by molar-refractivity contribution is 0.102. The number of carbonyl (C=O) groups is 1. The molecule has 1 N–H and O–H groups in total. The fraction of sp³-hybridized carbons (Fsp3) is 0.0800. The van der Waals surface area contributed by atoms with Gasteiger partial charge in [0, 0.05) is 10.6 Å². The SMILES string of the molecule is Cc1ccc(-n2nc(C)c(=O)c(-c3ccccc3Cl)c2NC(=O)c2ccccc2Cl)cc1. The highest BCUT2D eigenvalue weighted by molar-refractivity contribution is 6.35. The summed E-state index contributed by atoms with van der Waals surface area (Å²) in [7, 11) is 0. The van der Waals surface area contributed by atoms with Gasteiger partial charge in [0.15, 0.2) is 0 Å². The number of anilines is 1. The third-order valence-corrected chi connectivity index (χ3v) is 5.69. The molecule has 0 saturated heterocycles. The van der Waals surface area contributed by atoms with Crippen LogP contribution in [0.25, 0.3) is 16.8 Å². The van der Waals surface area contributed by atoms with Crippen molar-refractivity contribution in [2.24, 2.45) is 0 Å². The molecule has 0 radical (unpaired) electrons. The minimum absolute atomic E-state index is 0.211. The Morgan fingerprint density at radius 1 is 0.875 bits per heavy atom. The molecular formula is C25H19Cl2N3O2. The van der Waals surface area contributed by atoms with Gasteiger partial charge in [0.25, 0.3) is 5.91 Å². The molecule has 1 amide bonds. The van der Waals surface area contributed by atoms with Gasteiger partial charge < -0.3 is 5.32 Å². The van der Waals surface area contributed by atoms with Gasteiger partial charge in [-0.15, -0.1) is 0 Å². The molecular weight excluding hydrogens is 445 g/mol. The zero-order valence-corrected chi connectivity index (χ0v) is 18.9. The fourth-order valence-electron chi connectivity index (χ4n) is 3.36. The number of hydrogen-bond donors (Lipinski definition) is 1. The van der Waals surface area contributed by atoms with Crippen LogP contribution in [0.3, 0.4) is 0 Å². The van der Waals surface area contributed by atoms with Crippen molar-refractivity contribution in [3.8, 4) is 16.8 Å². The van der Waals surface area contributed by atoms with E-state index in [9.17, 15) is 9.59 Å². The Hall–Kier alpha value is -3.41. The van der Waals surface area contributed by atoms with Gasteiger partial charge in [-0.25, -0.2) is 4.68 Å². The van der Waals surface area contributed by atoms with Crippen LogP contribution in [-0.4, -0.2) is 15.7 Å². The smallest absolute Gasteiger partial charge is 0.258 e. The standard InChI is InChI=1S/C25H19Cl2N3O2/c1-15-11-13-17(14-12-15)30-24(28-25(32)19-8-4-6-10-21(19)27)22(23(31)16(2)29-30)18-7-3-5-9-20(18)26/h3-14H,1-2H3,(H,28,32). The quantitative estimate of drug-likeness (QED) is 0.399. The minimum atomic E-state index is -0.463. The van der Waals surface area contributed by atoms with Crippen LogP contribution in [0.5, 0.6) is 0 Å². The van der Waals surface area contributed by atoms with E-state index in [1.807, 2.05) is 31.2 Å². The lowest BCUT2D eigenvalue weighted by Gasteiger charge is -2.19. The Morgan fingerprint density at radius 2 is 1.50 bits per heavy atom. The maximum Gasteiger partial charge on any atom is 0.258 e. The maximum atomic E-state index is 13.3. The molecule has 160 valence electrons. The van der Waals surface area contributed by atoms with E-state index in [2.05, 4.69) is 10.4 Å². The van der Waals surface area contributed by atoms with Crippen molar-refractivity contribution in [2.45, 2.75) is 13.8 Å². The summed E-state index contributed by atoms with van der Waals surface area (Å²) in [4.78, 5) is 26.4. The number of nitrogens with zero attached hydrogens (tertiary/aromatic N) is 2. The van der Waals surface area contributed by atoms with Crippen LogP contribution in [0.15, 0.2) is 77.6 Å². The molecule has 0 fully saturated rings. The van der Waals surface area contributed by atoms with E-state index in [4.69, 9.17) is 23.2 Å². The monoisotopic (exact) mass is 463 g/mol. The van der Waals surface area contributed by atoms with Gasteiger partial charge in [0.2, 0.25) is 5.43 Å². The van der Waals surface area contributed by atoms with Crippen molar-refractivity contribution < 1.29 is 4.79 Å². The van der Waals surface area contributed by atoms with Gasteiger partial charge in [-0.3, -0.25) is 9.59 Å². The van der Waals surface area contributed by atoms with Crippen molar-refractivity contribution in [1.29, 1.82) is 0 Å². The number of halogens is 2. The minimum Gasteiger partial charge on any atom is -0.306 e. The maximum absolute atomic E-state index is 13.3. The molecule has 4 aromatic rings. The third-order valence-electron chi connectivity index (χ3n) is 5.03. The summed E-state index contributed by atoms with van der Waals surface area (Å²) in [6.45, 7) is 3.61. The molecule has 0 saturated carbocycles. The molecule has 0 aliphatic rings. The predicted octanol–water partition coefficient (Wildman–Crippen LogP) is 6.08. The zero-order valence-electron chi connectivity index (χ0n) is 17.4. The van der Waals surface area contributed by atoms with Gasteiger partial charge in [0.05, 0.1) is 21.8 Å². The van der Waals surface area contributed by atoms with Crippen molar-refractivity contribution in [3.63, 3.8) is 0 Å². The molecule has 0 atom stereocenters. The number of nitrogens with one attached hydrogen (secondary N) is 1. The summed E-state index contributed by atoms with van der Waals surface area (Å²) < 4.78 is 1.55. The summed E-state index contributed by atoms with van der Waals surface area (Å²) >= 11 is 12.7. The van der Waals surface area contributed by atoms with Gasteiger partial charge in [-0.1, -0.05) is 71.2 Å². The van der Waals surface area contributed by atoms with Crippen LogP contribution in [-0.2, 0) is 0 Å². The lowest BCUT2D eigenvalue weighted by Crippen LogP contribution is -2.25. The summed E-state index contributed by atoms with van der Waals surface area (Å²) in [5, 5.41) is 8.02. The van der Waals surface area contributed by atoms with Gasteiger partial charge in [-0.05, 0) is 44.2 Å².